The third kappa shape index (κ3) is 1.88. The first-order chi connectivity index (χ1) is 7.05. The van der Waals surface area contributed by atoms with E-state index in [1.54, 1.807) is 0 Å². The highest BCUT2D eigenvalue weighted by Gasteiger charge is 2.35. The van der Waals surface area contributed by atoms with Gasteiger partial charge in [0.15, 0.2) is 0 Å². The van der Waals surface area contributed by atoms with Crippen LogP contribution in [0.1, 0.15) is 18.9 Å². The lowest BCUT2D eigenvalue weighted by Crippen LogP contribution is -2.51. The van der Waals surface area contributed by atoms with Crippen molar-refractivity contribution in [1.82, 2.24) is 4.90 Å². The average molecular weight is 205 g/mol. The third-order valence-electron chi connectivity index (χ3n) is 2.97. The van der Waals surface area contributed by atoms with E-state index < -0.39 is 5.54 Å². The van der Waals surface area contributed by atoms with Crippen LogP contribution in [0, 0.1) is 5.41 Å². The van der Waals surface area contributed by atoms with E-state index in [2.05, 4.69) is 6.92 Å². The van der Waals surface area contributed by atoms with Crippen LogP contribution in [0.5, 0.6) is 0 Å². The zero-order valence-electron chi connectivity index (χ0n) is 9.62. The van der Waals surface area contributed by atoms with E-state index in [1.807, 2.05) is 49.3 Å². The highest BCUT2D eigenvalue weighted by Crippen LogP contribution is 2.29. The molecule has 82 valence electrons. The fraction of sp³-hybridized carbons (Fsp3) is 0.417. The van der Waals surface area contributed by atoms with Crippen LogP contribution in [0.4, 0.5) is 0 Å². The lowest BCUT2D eigenvalue weighted by molar-refractivity contribution is 0.222. The summed E-state index contributed by atoms with van der Waals surface area (Å²) < 4.78 is 0. The Kier molecular flexibility index (Phi) is 3.48. The van der Waals surface area contributed by atoms with Crippen LogP contribution >= 0.6 is 0 Å². The summed E-state index contributed by atoms with van der Waals surface area (Å²) in [5.74, 6) is 0.196. The Morgan fingerprint density at radius 2 is 1.87 bits per heavy atom. The molecule has 1 rings (SSSR count). The maximum atomic E-state index is 7.80. The standard InChI is InChI=1S/C12H19N3/c1-4-12(11(13)14,15(2)3)10-8-6-5-7-9-10/h5-9H,4H2,1-3H3,(H3,13,14). The molecule has 15 heavy (non-hydrogen) atoms. The molecule has 0 aromatic heterocycles. The van der Waals surface area contributed by atoms with E-state index in [4.69, 9.17) is 11.1 Å². The van der Waals surface area contributed by atoms with E-state index in [0.717, 1.165) is 12.0 Å². The van der Waals surface area contributed by atoms with Crippen molar-refractivity contribution in [3.8, 4) is 0 Å². The van der Waals surface area contributed by atoms with Crippen LogP contribution in [0.2, 0.25) is 0 Å². The zero-order valence-corrected chi connectivity index (χ0v) is 9.62. The van der Waals surface area contributed by atoms with E-state index in [0.29, 0.717) is 0 Å². The molecule has 0 aliphatic heterocycles. The Labute approximate surface area is 91.4 Å². The first-order valence-electron chi connectivity index (χ1n) is 5.13. The number of likely N-dealkylation sites (N-methyl/N-ethyl adjacent to an activating group) is 1. The first kappa shape index (κ1) is 11.7. The van der Waals surface area contributed by atoms with Crippen molar-refractivity contribution in [2.75, 3.05) is 14.1 Å². The third-order valence-corrected chi connectivity index (χ3v) is 2.97. The number of nitrogens with one attached hydrogen (secondary N) is 1. The Hall–Kier alpha value is -1.35. The van der Waals surface area contributed by atoms with Gasteiger partial charge in [-0.3, -0.25) is 10.3 Å². The smallest absolute Gasteiger partial charge is 0.116 e. The van der Waals surface area contributed by atoms with E-state index in [1.165, 1.54) is 0 Å². The molecule has 1 aromatic rings. The summed E-state index contributed by atoms with van der Waals surface area (Å²) in [6.45, 7) is 2.05. The molecule has 1 atom stereocenters. The number of benzene rings is 1. The van der Waals surface area contributed by atoms with Gasteiger partial charge in [-0.05, 0) is 26.1 Å². The van der Waals surface area contributed by atoms with Gasteiger partial charge in [0.1, 0.15) is 11.4 Å². The second-order valence-electron chi connectivity index (χ2n) is 3.89. The monoisotopic (exact) mass is 205 g/mol. The van der Waals surface area contributed by atoms with Gasteiger partial charge in [-0.1, -0.05) is 37.3 Å². The predicted octanol–water partition coefficient (Wildman–Crippen LogP) is 1.79. The van der Waals surface area contributed by atoms with Crippen LogP contribution in [0.3, 0.4) is 0 Å². The van der Waals surface area contributed by atoms with Crippen molar-refractivity contribution >= 4 is 5.84 Å². The SMILES string of the molecule is CCC(C(=N)N)(c1ccccc1)N(C)C. The van der Waals surface area contributed by atoms with Crippen molar-refractivity contribution in [3.63, 3.8) is 0 Å². The van der Waals surface area contributed by atoms with Crippen LogP contribution in [-0.2, 0) is 5.54 Å². The van der Waals surface area contributed by atoms with Gasteiger partial charge in [0, 0.05) is 0 Å². The summed E-state index contributed by atoms with van der Waals surface area (Å²) in [7, 11) is 3.91. The summed E-state index contributed by atoms with van der Waals surface area (Å²) in [4.78, 5) is 2.00. The predicted molar refractivity (Wildman–Crippen MR) is 64.0 cm³/mol. The Balaban J connectivity index is 3.28. The number of nitrogens with zero attached hydrogens (tertiary/aromatic N) is 1. The number of hydrogen-bond donors (Lipinski definition) is 2. The number of amidine groups is 1. The summed E-state index contributed by atoms with van der Waals surface area (Å²) >= 11 is 0. The molecule has 0 saturated carbocycles. The van der Waals surface area contributed by atoms with Crippen molar-refractivity contribution in [1.29, 1.82) is 5.41 Å². The second kappa shape index (κ2) is 4.45. The normalized spacial score (nSPS) is 14.9. The second-order valence-corrected chi connectivity index (χ2v) is 3.89. The Morgan fingerprint density at radius 3 is 2.20 bits per heavy atom. The molecular formula is C12H19N3. The van der Waals surface area contributed by atoms with Gasteiger partial charge >= 0.3 is 0 Å². The highest BCUT2D eigenvalue weighted by molar-refractivity contribution is 5.88. The van der Waals surface area contributed by atoms with Crippen LogP contribution < -0.4 is 5.73 Å². The molecule has 0 saturated heterocycles. The van der Waals surface area contributed by atoms with Crippen molar-refractivity contribution in [2.24, 2.45) is 5.73 Å². The molecule has 0 fully saturated rings. The van der Waals surface area contributed by atoms with Crippen LogP contribution in [0.15, 0.2) is 30.3 Å². The molecule has 0 bridgehead atoms. The fourth-order valence-electron chi connectivity index (χ4n) is 2.08. The summed E-state index contributed by atoms with van der Waals surface area (Å²) in [5, 5.41) is 7.80. The molecule has 3 nitrogen and oxygen atoms in total. The molecule has 0 aliphatic rings. The van der Waals surface area contributed by atoms with E-state index in [-0.39, 0.29) is 5.84 Å². The molecule has 1 unspecified atom stereocenters. The van der Waals surface area contributed by atoms with Crippen molar-refractivity contribution in [3.05, 3.63) is 35.9 Å². The van der Waals surface area contributed by atoms with Crippen molar-refractivity contribution < 1.29 is 0 Å². The maximum Gasteiger partial charge on any atom is 0.116 e. The molecule has 0 amide bonds. The summed E-state index contributed by atoms with van der Waals surface area (Å²) in [6, 6.07) is 9.97. The van der Waals surface area contributed by atoms with Gasteiger partial charge < -0.3 is 5.73 Å². The van der Waals surface area contributed by atoms with Crippen molar-refractivity contribution in [2.45, 2.75) is 18.9 Å². The van der Waals surface area contributed by atoms with Crippen LogP contribution in [0.25, 0.3) is 0 Å². The molecule has 0 radical (unpaired) electrons. The minimum absolute atomic E-state index is 0.196. The first-order valence-corrected chi connectivity index (χ1v) is 5.13. The lowest BCUT2D eigenvalue weighted by Gasteiger charge is -2.38. The van der Waals surface area contributed by atoms with Gasteiger partial charge in [-0.15, -0.1) is 0 Å². The largest absolute Gasteiger partial charge is 0.386 e. The summed E-state index contributed by atoms with van der Waals surface area (Å²) in [6.07, 6.45) is 0.791. The number of nitrogens with two attached hydrogens (primary N) is 1. The maximum absolute atomic E-state index is 7.80. The molecule has 3 N–H and O–H groups in total. The molecule has 1 aromatic carbocycles. The molecule has 0 spiro atoms. The van der Waals surface area contributed by atoms with Crippen LogP contribution in [-0.4, -0.2) is 24.8 Å². The number of hydrogen-bond acceptors (Lipinski definition) is 2. The Bertz CT molecular complexity index is 332. The van der Waals surface area contributed by atoms with Gasteiger partial charge in [-0.2, -0.15) is 0 Å². The van der Waals surface area contributed by atoms with Gasteiger partial charge in [0.2, 0.25) is 0 Å². The molecule has 0 heterocycles. The summed E-state index contributed by atoms with van der Waals surface area (Å²) in [5.41, 5.74) is 6.36. The van der Waals surface area contributed by atoms with E-state index in [9.17, 15) is 0 Å². The molecule has 0 aliphatic carbocycles. The minimum atomic E-state index is -0.471. The topological polar surface area (TPSA) is 53.1 Å². The van der Waals surface area contributed by atoms with Gasteiger partial charge in [0.25, 0.3) is 0 Å². The zero-order chi connectivity index (χ0) is 11.5. The average Bonchev–Trinajstić information content (AvgIpc) is 2.20. The molecule has 3 heteroatoms. The minimum Gasteiger partial charge on any atom is -0.386 e. The van der Waals surface area contributed by atoms with Gasteiger partial charge in [-0.25, -0.2) is 0 Å². The number of rotatable bonds is 4. The van der Waals surface area contributed by atoms with Gasteiger partial charge in [0.05, 0.1) is 0 Å². The fourth-order valence-corrected chi connectivity index (χ4v) is 2.08. The quantitative estimate of drug-likeness (QED) is 0.581. The molecular weight excluding hydrogens is 186 g/mol. The lowest BCUT2D eigenvalue weighted by atomic mass is 9.85. The van der Waals surface area contributed by atoms with E-state index >= 15 is 0 Å². The highest BCUT2D eigenvalue weighted by atomic mass is 15.2. The Morgan fingerprint density at radius 1 is 1.33 bits per heavy atom.